The van der Waals surface area contributed by atoms with E-state index in [1.165, 1.54) is 13.0 Å². The van der Waals surface area contributed by atoms with Crippen LogP contribution in [0.1, 0.15) is 18.1 Å². The molecule has 2 rings (SSSR count). The van der Waals surface area contributed by atoms with Crippen LogP contribution in [0, 0.1) is 11.3 Å². The molecular weight excluding hydrogens is 370 g/mol. The number of nitrogens with zero attached hydrogens (tertiary/aromatic N) is 1. The number of carbonyl (C=O) groups excluding carboxylic acids is 2. The highest BCUT2D eigenvalue weighted by atomic mass is 16.5. The number of benzene rings is 2. The van der Waals surface area contributed by atoms with Crippen LogP contribution in [0.25, 0.3) is 6.08 Å². The van der Waals surface area contributed by atoms with Crippen LogP contribution in [0.4, 0.5) is 5.69 Å². The number of hydrogen-bond acceptors (Lipinski definition) is 5. The van der Waals surface area contributed by atoms with Gasteiger partial charge in [0, 0.05) is 19.2 Å². The van der Waals surface area contributed by atoms with Gasteiger partial charge >= 0.3 is 0 Å². The molecule has 29 heavy (non-hydrogen) atoms. The van der Waals surface area contributed by atoms with Crippen molar-refractivity contribution in [2.24, 2.45) is 0 Å². The SMILES string of the molecule is COc1ccc(CCNC(=O)/C(C#N)=C/c2ccc(NC(C)=O)cc2)cc1OC. The minimum atomic E-state index is -0.445. The third-order valence-electron chi connectivity index (χ3n) is 4.05. The molecule has 2 N–H and O–H groups in total. The van der Waals surface area contributed by atoms with Crippen molar-refractivity contribution in [2.75, 3.05) is 26.1 Å². The minimum Gasteiger partial charge on any atom is -0.493 e. The number of methoxy groups -OCH3 is 2. The van der Waals surface area contributed by atoms with Gasteiger partial charge in [0.1, 0.15) is 11.6 Å². The molecule has 0 aliphatic carbocycles. The molecule has 0 radical (unpaired) electrons. The molecule has 2 aromatic carbocycles. The number of nitrogens with one attached hydrogen (secondary N) is 2. The Hall–Kier alpha value is -3.79. The molecule has 0 unspecified atom stereocenters. The molecule has 0 aliphatic heterocycles. The van der Waals surface area contributed by atoms with Gasteiger partial charge in [-0.1, -0.05) is 18.2 Å². The monoisotopic (exact) mass is 393 g/mol. The third-order valence-corrected chi connectivity index (χ3v) is 4.05. The zero-order chi connectivity index (χ0) is 21.2. The fourth-order valence-electron chi connectivity index (χ4n) is 2.63. The molecule has 0 saturated carbocycles. The van der Waals surface area contributed by atoms with Crippen molar-refractivity contribution in [1.82, 2.24) is 5.32 Å². The van der Waals surface area contributed by atoms with Crippen LogP contribution >= 0.6 is 0 Å². The first kappa shape index (κ1) is 21.5. The van der Waals surface area contributed by atoms with Crippen LogP contribution < -0.4 is 20.1 Å². The lowest BCUT2D eigenvalue weighted by Gasteiger charge is -2.10. The average Bonchev–Trinajstić information content (AvgIpc) is 2.72. The van der Waals surface area contributed by atoms with Crippen LogP contribution in [0.15, 0.2) is 48.0 Å². The molecular formula is C22H23N3O4. The lowest BCUT2D eigenvalue weighted by atomic mass is 10.1. The molecule has 0 atom stereocenters. The predicted octanol–water partition coefficient (Wildman–Crippen LogP) is 2.93. The Bertz CT molecular complexity index is 944. The van der Waals surface area contributed by atoms with E-state index in [9.17, 15) is 14.9 Å². The summed E-state index contributed by atoms with van der Waals surface area (Å²) in [6.07, 6.45) is 2.08. The van der Waals surface area contributed by atoms with Gasteiger partial charge in [-0.05, 0) is 47.9 Å². The molecule has 0 bridgehead atoms. The Morgan fingerprint density at radius 1 is 1.07 bits per heavy atom. The Kier molecular flexibility index (Phi) is 7.80. The predicted molar refractivity (Wildman–Crippen MR) is 111 cm³/mol. The molecule has 0 saturated heterocycles. The number of hydrogen-bond donors (Lipinski definition) is 2. The summed E-state index contributed by atoms with van der Waals surface area (Å²) in [7, 11) is 3.14. The molecule has 7 nitrogen and oxygen atoms in total. The molecule has 0 aromatic heterocycles. The number of amides is 2. The van der Waals surface area contributed by atoms with Crippen LogP contribution in [0.5, 0.6) is 11.5 Å². The summed E-state index contributed by atoms with van der Waals surface area (Å²) in [4.78, 5) is 23.4. The number of anilines is 1. The maximum Gasteiger partial charge on any atom is 0.261 e. The van der Waals surface area contributed by atoms with E-state index in [4.69, 9.17) is 9.47 Å². The molecule has 2 aromatic rings. The minimum absolute atomic E-state index is 0.00425. The van der Waals surface area contributed by atoms with Crippen LogP contribution in [-0.4, -0.2) is 32.6 Å². The van der Waals surface area contributed by atoms with Crippen LogP contribution in [0.2, 0.25) is 0 Å². The smallest absolute Gasteiger partial charge is 0.261 e. The second-order valence-electron chi connectivity index (χ2n) is 6.17. The molecule has 0 aliphatic rings. The van der Waals surface area contributed by atoms with Gasteiger partial charge < -0.3 is 20.1 Å². The third kappa shape index (κ3) is 6.40. The molecule has 0 spiro atoms. The highest BCUT2D eigenvalue weighted by molar-refractivity contribution is 6.01. The lowest BCUT2D eigenvalue weighted by Crippen LogP contribution is -2.26. The highest BCUT2D eigenvalue weighted by Crippen LogP contribution is 2.27. The van der Waals surface area contributed by atoms with E-state index >= 15 is 0 Å². The number of carbonyl (C=O) groups is 2. The molecule has 150 valence electrons. The Labute approximate surface area is 169 Å². The normalized spacial score (nSPS) is 10.6. The summed E-state index contributed by atoms with van der Waals surface area (Å²) in [5.41, 5.74) is 2.31. The summed E-state index contributed by atoms with van der Waals surface area (Å²) in [5, 5.41) is 14.7. The van der Waals surface area contributed by atoms with Gasteiger partial charge in [-0.2, -0.15) is 5.26 Å². The first-order valence-corrected chi connectivity index (χ1v) is 8.95. The van der Waals surface area contributed by atoms with Gasteiger partial charge in [-0.3, -0.25) is 9.59 Å². The fraction of sp³-hybridized carbons (Fsp3) is 0.227. The van der Waals surface area contributed by atoms with Crippen molar-refractivity contribution in [3.05, 3.63) is 59.2 Å². The lowest BCUT2D eigenvalue weighted by molar-refractivity contribution is -0.117. The van der Waals surface area contributed by atoms with Crippen LogP contribution in [-0.2, 0) is 16.0 Å². The zero-order valence-corrected chi connectivity index (χ0v) is 16.6. The molecule has 2 amide bonds. The quantitative estimate of drug-likeness (QED) is 0.531. The van der Waals surface area contributed by atoms with E-state index < -0.39 is 5.91 Å². The highest BCUT2D eigenvalue weighted by Gasteiger charge is 2.09. The largest absolute Gasteiger partial charge is 0.493 e. The van der Waals surface area contributed by atoms with Gasteiger partial charge in [0.05, 0.1) is 14.2 Å². The van der Waals surface area contributed by atoms with E-state index in [1.807, 2.05) is 18.2 Å². The summed E-state index contributed by atoms with van der Waals surface area (Å²) in [5.74, 6) is 0.648. The van der Waals surface area contributed by atoms with E-state index in [0.29, 0.717) is 35.7 Å². The first-order chi connectivity index (χ1) is 14.0. The fourth-order valence-corrected chi connectivity index (χ4v) is 2.63. The molecule has 7 heteroatoms. The number of rotatable bonds is 8. The van der Waals surface area contributed by atoms with Gasteiger partial charge in [0.25, 0.3) is 5.91 Å². The zero-order valence-electron chi connectivity index (χ0n) is 16.6. The van der Waals surface area contributed by atoms with Crippen molar-refractivity contribution in [3.63, 3.8) is 0 Å². The molecule has 0 heterocycles. The number of ether oxygens (including phenoxy) is 2. The summed E-state index contributed by atoms with van der Waals surface area (Å²) >= 11 is 0. The van der Waals surface area contributed by atoms with Gasteiger partial charge in [-0.25, -0.2) is 0 Å². The topological polar surface area (TPSA) is 100 Å². The van der Waals surface area contributed by atoms with E-state index in [0.717, 1.165) is 5.56 Å². The van der Waals surface area contributed by atoms with Gasteiger partial charge in [-0.15, -0.1) is 0 Å². The van der Waals surface area contributed by atoms with Crippen molar-refractivity contribution >= 4 is 23.6 Å². The van der Waals surface area contributed by atoms with Crippen molar-refractivity contribution < 1.29 is 19.1 Å². The van der Waals surface area contributed by atoms with Gasteiger partial charge in [0.15, 0.2) is 11.5 Å². The number of nitriles is 1. The van der Waals surface area contributed by atoms with Crippen molar-refractivity contribution in [2.45, 2.75) is 13.3 Å². The maximum atomic E-state index is 12.3. The Morgan fingerprint density at radius 3 is 2.34 bits per heavy atom. The second-order valence-corrected chi connectivity index (χ2v) is 6.17. The van der Waals surface area contributed by atoms with E-state index in [-0.39, 0.29) is 11.5 Å². The van der Waals surface area contributed by atoms with Crippen molar-refractivity contribution in [1.29, 1.82) is 5.26 Å². The Balaban J connectivity index is 1.97. The summed E-state index contributed by atoms with van der Waals surface area (Å²) in [6.45, 7) is 1.79. The van der Waals surface area contributed by atoms with E-state index in [2.05, 4.69) is 10.6 Å². The van der Waals surface area contributed by atoms with E-state index in [1.54, 1.807) is 44.6 Å². The Morgan fingerprint density at radius 2 is 1.76 bits per heavy atom. The standard InChI is InChI=1S/C22H23N3O4/c1-15(26)25-19-7-4-16(5-8-19)12-18(14-23)22(27)24-11-10-17-6-9-20(28-2)21(13-17)29-3/h4-9,12-13H,10-11H2,1-3H3,(H,24,27)(H,25,26)/b18-12+. The summed E-state index contributed by atoms with van der Waals surface area (Å²) in [6, 6.07) is 14.3. The summed E-state index contributed by atoms with van der Waals surface area (Å²) < 4.78 is 10.5. The maximum absolute atomic E-state index is 12.3. The van der Waals surface area contributed by atoms with Crippen LogP contribution in [0.3, 0.4) is 0 Å². The second kappa shape index (κ2) is 10.5. The van der Waals surface area contributed by atoms with Crippen molar-refractivity contribution in [3.8, 4) is 17.6 Å². The molecule has 0 fully saturated rings. The first-order valence-electron chi connectivity index (χ1n) is 8.95. The van der Waals surface area contributed by atoms with Gasteiger partial charge in [0.2, 0.25) is 5.91 Å². The average molecular weight is 393 g/mol.